The molecule has 3 nitrogen and oxygen atoms in total. The van der Waals surface area contributed by atoms with Crippen LogP contribution >= 0.6 is 11.8 Å². The van der Waals surface area contributed by atoms with Crippen LogP contribution in [0.1, 0.15) is 0 Å². The van der Waals surface area contributed by atoms with Crippen LogP contribution in [0.5, 0.6) is 0 Å². The Bertz CT molecular complexity index is 318. The normalized spacial score (nSPS) is 12.6. The summed E-state index contributed by atoms with van der Waals surface area (Å²) in [6.45, 7) is -0.0375. The van der Waals surface area contributed by atoms with Gasteiger partial charge >= 0.3 is 93.5 Å². The van der Waals surface area contributed by atoms with Gasteiger partial charge in [-0.25, -0.2) is 0 Å². The summed E-state index contributed by atoms with van der Waals surface area (Å²) in [6.07, 6.45) is 1.19. The molecule has 1 rings (SSSR count). The van der Waals surface area contributed by atoms with Crippen molar-refractivity contribution >= 4 is 25.0 Å². The van der Waals surface area contributed by atoms with Gasteiger partial charge in [0.1, 0.15) is 0 Å². The molecule has 0 heterocycles. The molecule has 0 aromatic heterocycles. The Balaban J connectivity index is 2.41. The average molecular weight is 221 g/mol. The first kappa shape index (κ1) is 12.1. The molecule has 0 radical (unpaired) electrons. The van der Waals surface area contributed by atoms with Crippen molar-refractivity contribution in [3.63, 3.8) is 0 Å². The Labute approximate surface area is 93.9 Å². The van der Waals surface area contributed by atoms with E-state index in [0.29, 0.717) is 12.9 Å². The fourth-order valence-corrected chi connectivity index (χ4v) is 1.93. The number of thioether (sulfide) groups is 1. The zero-order valence-electron chi connectivity index (χ0n) is 8.24. The van der Waals surface area contributed by atoms with Gasteiger partial charge in [-0.1, -0.05) is 0 Å². The fraction of sp³-hybridized carbons (Fsp3) is 0.300. The molecule has 5 heteroatoms. The molecule has 1 unspecified atom stereocenters. The average Bonchev–Trinajstić information content (AvgIpc) is 2.31. The first-order valence-corrected chi connectivity index (χ1v) is 5.61. The minimum absolute atomic E-state index is 0.0375. The van der Waals surface area contributed by atoms with Crippen LogP contribution in [0.25, 0.3) is 0 Å². The predicted octanol–water partition coefficient (Wildman–Crippen LogP) is 1.22. The SMILES string of the molecule is O=BC=NC(CO)CSc1ccccc1. The molecule has 0 bridgehead atoms. The zero-order chi connectivity index (χ0) is 10.9. The molecule has 78 valence electrons. The molecule has 0 saturated heterocycles. The summed E-state index contributed by atoms with van der Waals surface area (Å²) in [5.41, 5.74) is 0. The van der Waals surface area contributed by atoms with E-state index in [1.807, 2.05) is 30.3 Å². The fourth-order valence-electron chi connectivity index (χ4n) is 1.01. The Hall–Kier alpha value is -0.935. The van der Waals surface area contributed by atoms with Gasteiger partial charge in [0, 0.05) is 0 Å². The van der Waals surface area contributed by atoms with E-state index < -0.39 is 0 Å². The van der Waals surface area contributed by atoms with Gasteiger partial charge in [-0.2, -0.15) is 0 Å². The van der Waals surface area contributed by atoms with Gasteiger partial charge in [0.05, 0.1) is 0 Å². The molecule has 15 heavy (non-hydrogen) atoms. The van der Waals surface area contributed by atoms with Gasteiger partial charge in [0.15, 0.2) is 0 Å². The van der Waals surface area contributed by atoms with E-state index in [1.165, 1.54) is 6.11 Å². The second-order valence-corrected chi connectivity index (χ2v) is 3.99. The first-order chi connectivity index (χ1) is 7.36. The van der Waals surface area contributed by atoms with E-state index >= 15 is 0 Å². The third kappa shape index (κ3) is 4.90. The van der Waals surface area contributed by atoms with E-state index in [4.69, 9.17) is 5.11 Å². The van der Waals surface area contributed by atoms with Crippen molar-refractivity contribution in [1.82, 2.24) is 0 Å². The van der Waals surface area contributed by atoms with Crippen molar-refractivity contribution in [1.29, 1.82) is 0 Å². The van der Waals surface area contributed by atoms with Crippen molar-refractivity contribution in [2.24, 2.45) is 4.99 Å². The van der Waals surface area contributed by atoms with Crippen LogP contribution in [-0.2, 0) is 4.70 Å². The maximum atomic E-state index is 10.1. The molecular formula is C10H12BNO2S. The summed E-state index contributed by atoms with van der Waals surface area (Å²) in [4.78, 5) is 5.05. The van der Waals surface area contributed by atoms with Crippen LogP contribution in [0.4, 0.5) is 0 Å². The van der Waals surface area contributed by atoms with Gasteiger partial charge in [-0.15, -0.1) is 0 Å². The van der Waals surface area contributed by atoms with Crippen LogP contribution in [-0.4, -0.2) is 36.8 Å². The van der Waals surface area contributed by atoms with Gasteiger partial charge in [0.25, 0.3) is 0 Å². The van der Waals surface area contributed by atoms with Gasteiger partial charge in [-0.3, -0.25) is 0 Å². The number of aliphatic hydroxyl groups excluding tert-OH is 1. The molecule has 0 aliphatic rings. The Morgan fingerprint density at radius 1 is 1.47 bits per heavy atom. The molecule has 1 aromatic carbocycles. The number of benzene rings is 1. The van der Waals surface area contributed by atoms with Crippen LogP contribution in [0.15, 0.2) is 40.2 Å². The maximum absolute atomic E-state index is 10.1. The summed E-state index contributed by atoms with van der Waals surface area (Å²) < 4.78 is 10.1. The van der Waals surface area contributed by atoms with E-state index in [2.05, 4.69) is 4.99 Å². The van der Waals surface area contributed by atoms with E-state index in [-0.39, 0.29) is 12.6 Å². The number of hydrogen-bond donors (Lipinski definition) is 1. The predicted molar refractivity (Wildman–Crippen MR) is 63.0 cm³/mol. The second-order valence-electron chi connectivity index (χ2n) is 2.89. The number of nitrogens with zero attached hydrogens (tertiary/aromatic N) is 1. The number of rotatable bonds is 6. The Morgan fingerprint density at radius 2 is 2.20 bits per heavy atom. The van der Waals surface area contributed by atoms with Crippen molar-refractivity contribution < 1.29 is 9.81 Å². The monoisotopic (exact) mass is 221 g/mol. The van der Waals surface area contributed by atoms with Crippen LogP contribution in [0, 0.1) is 0 Å². The summed E-state index contributed by atoms with van der Waals surface area (Å²) in [5, 5.41) is 8.99. The molecule has 0 aliphatic carbocycles. The summed E-state index contributed by atoms with van der Waals surface area (Å²) in [6, 6.07) is 9.68. The van der Waals surface area contributed by atoms with Crippen LogP contribution in [0.2, 0.25) is 0 Å². The number of hydrogen-bond acceptors (Lipinski definition) is 4. The quantitative estimate of drug-likeness (QED) is 0.446. The van der Waals surface area contributed by atoms with Crippen molar-refractivity contribution in [2.75, 3.05) is 12.4 Å². The first-order valence-electron chi connectivity index (χ1n) is 4.62. The minimum atomic E-state index is -0.208. The van der Waals surface area contributed by atoms with E-state index in [0.717, 1.165) is 4.90 Å². The second kappa shape index (κ2) is 7.37. The molecular weight excluding hydrogens is 209 g/mol. The van der Waals surface area contributed by atoms with E-state index in [9.17, 15) is 4.70 Å². The van der Waals surface area contributed by atoms with Gasteiger partial charge < -0.3 is 0 Å². The molecule has 1 atom stereocenters. The molecule has 1 aromatic rings. The van der Waals surface area contributed by atoms with E-state index in [1.54, 1.807) is 11.8 Å². The molecule has 0 aliphatic heterocycles. The Morgan fingerprint density at radius 3 is 2.80 bits per heavy atom. The third-order valence-corrected chi connectivity index (χ3v) is 2.91. The Kier molecular flexibility index (Phi) is 5.96. The molecule has 0 saturated carbocycles. The van der Waals surface area contributed by atoms with Crippen molar-refractivity contribution in [3.8, 4) is 0 Å². The summed E-state index contributed by atoms with van der Waals surface area (Å²) in [5.74, 6) is 0.671. The molecule has 0 fully saturated rings. The molecule has 0 amide bonds. The summed E-state index contributed by atoms with van der Waals surface area (Å²) >= 11 is 1.61. The van der Waals surface area contributed by atoms with Crippen LogP contribution < -0.4 is 0 Å². The van der Waals surface area contributed by atoms with Gasteiger partial charge in [-0.05, 0) is 0 Å². The van der Waals surface area contributed by atoms with Gasteiger partial charge in [0.2, 0.25) is 0 Å². The standard InChI is InChI=1S/C10H12BNO2S/c13-6-9(12-8-11-14)7-15-10-4-2-1-3-5-10/h1-5,8-9,13H,6-7H2. The summed E-state index contributed by atoms with van der Waals surface area (Å²) in [7, 11) is 0.621. The van der Waals surface area contributed by atoms with Crippen LogP contribution in [0.3, 0.4) is 0 Å². The zero-order valence-corrected chi connectivity index (χ0v) is 9.06. The topological polar surface area (TPSA) is 49.7 Å². The molecule has 0 spiro atoms. The number of aliphatic imine (C=N–C) groups is 1. The number of aliphatic hydroxyl groups is 1. The van der Waals surface area contributed by atoms with Crippen molar-refractivity contribution in [2.45, 2.75) is 10.9 Å². The molecule has 1 N–H and O–H groups in total. The third-order valence-electron chi connectivity index (χ3n) is 1.75. The van der Waals surface area contributed by atoms with Crippen molar-refractivity contribution in [3.05, 3.63) is 30.3 Å².